The van der Waals surface area contributed by atoms with Gasteiger partial charge in [-0.3, -0.25) is 22.8 Å². The van der Waals surface area contributed by atoms with E-state index in [-0.39, 0.29) is 52.3 Å². The molecule has 0 saturated carbocycles. The van der Waals surface area contributed by atoms with Gasteiger partial charge in [-0.05, 0) is 165 Å². The maximum atomic E-state index is 12.5. The molecular weight excluding hydrogens is 1760 g/mol. The summed E-state index contributed by atoms with van der Waals surface area (Å²) >= 11 is 7.43. The van der Waals surface area contributed by atoms with Crippen LogP contribution >= 0.6 is 35.7 Å². The molecule has 0 amide bonds. The molecule has 7 aromatic carbocycles. The second-order valence-electron chi connectivity index (χ2n) is 22.2. The van der Waals surface area contributed by atoms with Crippen LogP contribution in [0, 0.1) is 34.6 Å². The van der Waals surface area contributed by atoms with E-state index in [2.05, 4.69) is 61.1 Å². The first kappa shape index (κ1) is 97.7. The monoisotopic (exact) mass is 1830 g/mol. The van der Waals surface area contributed by atoms with E-state index in [0.717, 1.165) is 28.7 Å². The van der Waals surface area contributed by atoms with Gasteiger partial charge in [0.15, 0.2) is 49.2 Å². The van der Waals surface area contributed by atoms with Gasteiger partial charge < -0.3 is 10.6 Å². The molecule has 112 heavy (non-hydrogen) atoms. The normalized spacial score (nSPS) is 12.4. The van der Waals surface area contributed by atoms with Crippen molar-refractivity contribution in [3.05, 3.63) is 173 Å². The molecule has 0 spiro atoms. The predicted octanol–water partition coefficient (Wildman–Crippen LogP) is 8.11. The highest BCUT2D eigenvalue weighted by molar-refractivity contribution is 7.95. The van der Waals surface area contributed by atoms with Crippen LogP contribution in [0.2, 0.25) is 5.28 Å². The van der Waals surface area contributed by atoms with Gasteiger partial charge in [0.2, 0.25) is 17.2 Å². The van der Waals surface area contributed by atoms with Crippen molar-refractivity contribution >= 4 is 171 Å². The van der Waals surface area contributed by atoms with Crippen LogP contribution in [0.4, 0.5) is 23.3 Å². The standard InChI is InChI=1S/C18H18ClN5O9S3.C14H16O5S2.C9H12O9S3.2C9H12O6S2/c1-11-9-13(5-6-15(11)34-33-32-25)21-18-23-16(19)22-17(24-18)20-12-3-2-4-14(10-12)35(26,27)8-7-31-36(28,29)30;1-3-8-20(15,16)12-6-7-13-11(9-12)5-4-10(2)14(13)21(17,18)19;1-7-2-3-8(6-9(7)19-18-17-10)20(11,12)5-4-16-21(13,14)15;1-8-2-4-9(5-3-8)16(10,11)7-6-15-17(12,13)14;1-8-3-2-4-9(7-8)16(10,11)6-5-15-17(12,13)14/h2-6,9-10,25H,7-8H2,1H3,(H,28,29,30)(H2,20,21,22,23,24);4-7,9H,3,8H2,1-2H3,(H,17,18,19);2-3,6,10H,4-5H2,1H3,(H,13,14,15);2-5H,6-7H2,1H3,(H,12,13,14);2-4,7H,5-6H2,1H3,(H,12,13,14). The van der Waals surface area contributed by atoms with Crippen LogP contribution in [-0.4, -0.2) is 188 Å². The molecular formula is C59H70ClN5O35S12. The average molecular weight is 1830 g/mol. The second kappa shape index (κ2) is 42.8. The number of aryl methyl sites for hydroxylation is 5. The third kappa shape index (κ3) is 35.2. The first-order valence-electron chi connectivity index (χ1n) is 30.5. The predicted molar refractivity (Wildman–Crippen MR) is 403 cm³/mol. The third-order valence-electron chi connectivity index (χ3n) is 13.6. The number of benzene rings is 7. The Morgan fingerprint density at radius 2 is 0.786 bits per heavy atom. The lowest BCUT2D eigenvalue weighted by atomic mass is 10.1. The van der Waals surface area contributed by atoms with Gasteiger partial charge in [-0.1, -0.05) is 77.2 Å². The maximum absolute atomic E-state index is 12.5. The van der Waals surface area contributed by atoms with Crippen LogP contribution in [0.5, 0.6) is 0 Å². The van der Waals surface area contributed by atoms with Gasteiger partial charge >= 0.3 is 41.6 Å². The summed E-state index contributed by atoms with van der Waals surface area (Å²) in [6, 6.07) is 34.6. The molecule has 0 aliphatic rings. The third-order valence-corrected chi connectivity index (χ3v) is 26.9. The lowest BCUT2D eigenvalue weighted by Gasteiger charge is -2.11. The zero-order valence-corrected chi connectivity index (χ0v) is 69.1. The number of nitrogens with zero attached hydrogens (tertiary/aromatic N) is 3. The Morgan fingerprint density at radius 1 is 0.384 bits per heavy atom. The van der Waals surface area contributed by atoms with Crippen molar-refractivity contribution in [1.29, 1.82) is 0 Å². The van der Waals surface area contributed by atoms with Crippen molar-refractivity contribution < 1.29 is 153 Å². The van der Waals surface area contributed by atoms with E-state index in [4.69, 9.17) is 40.3 Å². The molecule has 0 saturated heterocycles. The fourth-order valence-corrected chi connectivity index (χ4v) is 18.2. The lowest BCUT2D eigenvalue weighted by molar-refractivity contribution is -0.432. The van der Waals surface area contributed by atoms with Crippen LogP contribution in [0.3, 0.4) is 0 Å². The van der Waals surface area contributed by atoms with Gasteiger partial charge in [0.05, 0.1) is 104 Å². The molecule has 1 aromatic heterocycles. The quantitative estimate of drug-likeness (QED) is 0.00795. The summed E-state index contributed by atoms with van der Waals surface area (Å²) in [7, 11) is -41.3. The van der Waals surface area contributed by atoms with E-state index in [1.165, 1.54) is 78.9 Å². The molecule has 8 aromatic rings. The first-order chi connectivity index (χ1) is 51.7. The number of hydrogen-bond acceptors (Lipinski definition) is 37. The van der Waals surface area contributed by atoms with E-state index in [1.807, 2.05) is 6.92 Å². The van der Waals surface area contributed by atoms with Crippen LogP contribution in [0.15, 0.2) is 179 Å². The Labute approximate surface area is 658 Å². The molecule has 0 unspecified atom stereocenters. The number of aromatic nitrogens is 3. The van der Waals surface area contributed by atoms with E-state index >= 15 is 0 Å². The van der Waals surface area contributed by atoms with Gasteiger partial charge in [0, 0.05) is 26.6 Å². The van der Waals surface area contributed by atoms with Gasteiger partial charge in [-0.2, -0.15) is 57.0 Å². The van der Waals surface area contributed by atoms with E-state index in [0.29, 0.717) is 61.5 Å². The molecule has 8 rings (SSSR count). The minimum Gasteiger partial charge on any atom is -0.324 e. The number of halogens is 1. The average Bonchev–Trinajstić information content (AvgIpc) is 0.767. The molecule has 9 N–H and O–H groups in total. The number of hydrogen-bond donors (Lipinski definition) is 9. The molecule has 1 heterocycles. The Balaban J connectivity index is 0.000000306. The Hall–Kier alpha value is -6.70. The highest BCUT2D eigenvalue weighted by atomic mass is 35.5. The molecule has 0 atom stereocenters. The number of fused-ring (bicyclic) bond motifs is 1. The molecule has 0 radical (unpaired) electrons. The molecule has 40 nitrogen and oxygen atoms in total. The summed E-state index contributed by atoms with van der Waals surface area (Å²) in [5, 5.41) is 29.8. The van der Waals surface area contributed by atoms with E-state index < -0.39 is 150 Å². The Kier molecular flexibility index (Phi) is 37.3. The summed E-state index contributed by atoms with van der Waals surface area (Å²) in [5.74, 6) is -2.21. The van der Waals surface area contributed by atoms with Crippen molar-refractivity contribution in [1.82, 2.24) is 15.0 Å². The minimum atomic E-state index is -4.76. The molecule has 620 valence electrons. The topological polar surface area (TPSA) is 620 Å². The van der Waals surface area contributed by atoms with E-state index in [9.17, 15) is 88.7 Å². The van der Waals surface area contributed by atoms with E-state index in [1.54, 1.807) is 95.3 Å². The minimum absolute atomic E-state index is 0.0131. The molecule has 0 aliphatic carbocycles. The van der Waals surface area contributed by atoms with Crippen molar-refractivity contribution in [2.45, 2.75) is 87.1 Å². The van der Waals surface area contributed by atoms with Crippen molar-refractivity contribution in [2.75, 3.05) is 65.8 Å². The Bertz CT molecular complexity index is 5800. The number of sulfone groups is 5. The number of nitrogens with one attached hydrogen (secondary N) is 2. The van der Waals surface area contributed by atoms with Crippen molar-refractivity contribution in [2.24, 2.45) is 0 Å². The molecule has 0 aliphatic heterocycles. The van der Waals surface area contributed by atoms with Crippen LogP contribution in [-0.2, 0) is 136 Å². The second-order valence-corrected chi connectivity index (χ2v) is 40.3. The maximum Gasteiger partial charge on any atom is 0.397 e. The van der Waals surface area contributed by atoms with Gasteiger partial charge in [-0.25, -0.2) is 69.3 Å². The smallest absolute Gasteiger partial charge is 0.324 e. The molecule has 0 bridgehead atoms. The summed E-state index contributed by atoms with van der Waals surface area (Å²) in [6.45, 7) is 7.70. The first-order valence-corrected chi connectivity index (χ1v) is 47.5. The fraction of sp³-hybridized carbons (Fsp3) is 0.271. The van der Waals surface area contributed by atoms with Crippen LogP contribution in [0.25, 0.3) is 10.8 Å². The summed E-state index contributed by atoms with van der Waals surface area (Å²) in [5.41, 5.74) is 4.47. The van der Waals surface area contributed by atoms with Crippen LogP contribution in [0.1, 0.15) is 41.2 Å². The van der Waals surface area contributed by atoms with Crippen molar-refractivity contribution in [3.8, 4) is 0 Å². The fourth-order valence-electron chi connectivity index (χ4n) is 8.61. The van der Waals surface area contributed by atoms with Gasteiger partial charge in [-0.15, -0.1) is 8.67 Å². The Morgan fingerprint density at radius 3 is 1.23 bits per heavy atom. The lowest BCUT2D eigenvalue weighted by Crippen LogP contribution is -2.15. The zero-order valence-electron chi connectivity index (χ0n) is 58.5. The van der Waals surface area contributed by atoms with Crippen molar-refractivity contribution in [3.63, 3.8) is 0 Å². The molecule has 53 heteroatoms. The van der Waals surface area contributed by atoms with Gasteiger partial charge in [0.25, 0.3) is 10.1 Å². The summed E-state index contributed by atoms with van der Waals surface area (Å²) < 4.78 is 293. The van der Waals surface area contributed by atoms with Crippen LogP contribution < -0.4 is 10.6 Å². The van der Waals surface area contributed by atoms with Gasteiger partial charge in [0.1, 0.15) is 4.90 Å². The summed E-state index contributed by atoms with van der Waals surface area (Å²) in [4.78, 5) is 13.2. The number of rotatable bonds is 34. The highest BCUT2D eigenvalue weighted by Gasteiger charge is 2.24. The highest BCUT2D eigenvalue weighted by Crippen LogP contribution is 2.32. The molecule has 0 fully saturated rings. The largest absolute Gasteiger partial charge is 0.397 e. The SMILES string of the molecule is CCCS(=O)(=O)c1ccc2c(S(=O)(=O)O)c(C)ccc2c1.Cc1cc(Nc2nc(Cl)nc(Nc3cccc(S(=O)(=O)CCOS(=O)(=O)O)c3)n2)ccc1SOOO.Cc1ccc(S(=O)(=O)CCOS(=O)(=O)O)cc1.Cc1ccc(S(=O)(=O)CCOS(=O)(=O)O)cc1SOOO.Cc1cccc(S(=O)(=O)CCOS(=O)(=O)O)c1. The summed E-state index contributed by atoms with van der Waals surface area (Å²) in [6.07, 6.45) is 0.505. The number of anilines is 4. The zero-order chi connectivity index (χ0) is 84.5.